The largest absolute Gasteiger partial charge is 0.496 e. The number of halogens is 2. The summed E-state index contributed by atoms with van der Waals surface area (Å²) in [5, 5.41) is 0.961. The van der Waals surface area contributed by atoms with Crippen molar-refractivity contribution in [2.75, 3.05) is 19.1 Å². The highest BCUT2D eigenvalue weighted by molar-refractivity contribution is 6.41. The zero-order valence-corrected chi connectivity index (χ0v) is 22.8. The smallest absolute Gasteiger partial charge is 0.265 e. The minimum Gasteiger partial charge on any atom is -0.496 e. The Hall–Kier alpha value is -4.14. The van der Waals surface area contributed by atoms with E-state index >= 15 is 0 Å². The van der Waals surface area contributed by atoms with Crippen LogP contribution in [-0.4, -0.2) is 47.3 Å². The molecule has 1 atom stereocenters. The van der Waals surface area contributed by atoms with Gasteiger partial charge < -0.3 is 14.4 Å². The number of carbonyl (C=O) groups is 3. The second-order valence-electron chi connectivity index (χ2n) is 8.95. The average molecular weight is 564 g/mol. The molecule has 0 spiro atoms. The van der Waals surface area contributed by atoms with Gasteiger partial charge in [0.05, 0.1) is 23.3 Å². The molecule has 39 heavy (non-hydrogen) atoms. The van der Waals surface area contributed by atoms with Crippen molar-refractivity contribution < 1.29 is 23.9 Å². The highest BCUT2D eigenvalue weighted by atomic mass is 35.5. The van der Waals surface area contributed by atoms with Gasteiger partial charge in [-0.2, -0.15) is 0 Å². The van der Waals surface area contributed by atoms with E-state index in [4.69, 9.17) is 32.7 Å². The van der Waals surface area contributed by atoms with Crippen LogP contribution in [0.4, 0.5) is 5.69 Å². The second kappa shape index (κ2) is 10.6. The summed E-state index contributed by atoms with van der Waals surface area (Å²) in [5.41, 5.74) is 1.37. The van der Waals surface area contributed by atoms with Crippen LogP contribution in [-0.2, 0) is 11.4 Å². The van der Waals surface area contributed by atoms with Crippen LogP contribution in [0, 0.1) is 6.92 Å². The minimum atomic E-state index is -1.56. The van der Waals surface area contributed by atoms with Crippen molar-refractivity contribution >= 4 is 57.5 Å². The fourth-order valence-corrected chi connectivity index (χ4v) is 5.06. The van der Waals surface area contributed by atoms with Gasteiger partial charge in [0, 0.05) is 29.9 Å². The zero-order chi connectivity index (χ0) is 27.8. The lowest BCUT2D eigenvalue weighted by Gasteiger charge is -2.25. The summed E-state index contributed by atoms with van der Waals surface area (Å²) in [6, 6.07) is 19.1. The molecule has 4 aromatic rings. The summed E-state index contributed by atoms with van der Waals surface area (Å²) in [4.78, 5) is 45.6. The highest BCUT2D eigenvalue weighted by Crippen LogP contribution is 2.33. The van der Waals surface area contributed by atoms with Gasteiger partial charge in [0.15, 0.2) is 5.50 Å². The summed E-state index contributed by atoms with van der Waals surface area (Å²) < 4.78 is 11.6. The molecule has 3 aromatic carbocycles. The van der Waals surface area contributed by atoms with Crippen LogP contribution in [0.25, 0.3) is 10.9 Å². The SMILES string of the molecule is COc1cc(C)nc2c(OCc3cccc(N(C)C(=O)C(Cl)N4C(=O)c5cccc(Cl)c5C4=O)c3)cccc12. The van der Waals surface area contributed by atoms with Gasteiger partial charge in [-0.25, -0.2) is 9.88 Å². The van der Waals surface area contributed by atoms with E-state index < -0.39 is 23.2 Å². The Morgan fingerprint density at radius 1 is 1.03 bits per heavy atom. The molecular weight excluding hydrogens is 541 g/mol. The molecule has 5 rings (SSSR count). The quantitative estimate of drug-likeness (QED) is 0.165. The maximum absolute atomic E-state index is 13.3. The van der Waals surface area contributed by atoms with Gasteiger partial charge in [0.1, 0.15) is 23.6 Å². The summed E-state index contributed by atoms with van der Waals surface area (Å²) in [6.45, 7) is 2.09. The van der Waals surface area contributed by atoms with E-state index in [2.05, 4.69) is 4.98 Å². The summed E-state index contributed by atoms with van der Waals surface area (Å²) in [5.74, 6) is -0.728. The number of benzene rings is 3. The minimum absolute atomic E-state index is 0.0418. The van der Waals surface area contributed by atoms with Crippen LogP contribution in [0.2, 0.25) is 5.02 Å². The number of hydrogen-bond donors (Lipinski definition) is 0. The number of ether oxygens (including phenoxy) is 2. The van der Waals surface area contributed by atoms with Gasteiger partial charge in [-0.1, -0.05) is 47.5 Å². The Balaban J connectivity index is 1.33. The number of para-hydroxylation sites is 1. The first kappa shape index (κ1) is 26.5. The van der Waals surface area contributed by atoms with Crippen LogP contribution < -0.4 is 14.4 Å². The Labute approximate surface area is 234 Å². The number of carbonyl (C=O) groups excluding carboxylic acids is 3. The number of aryl methyl sites for hydroxylation is 1. The van der Waals surface area contributed by atoms with E-state index in [9.17, 15) is 14.4 Å². The molecule has 0 aliphatic carbocycles. The normalized spacial score (nSPS) is 13.4. The van der Waals surface area contributed by atoms with Crippen LogP contribution in [0.15, 0.2) is 66.7 Å². The molecule has 0 radical (unpaired) electrons. The van der Waals surface area contributed by atoms with Gasteiger partial charge in [-0.05, 0) is 48.9 Å². The van der Waals surface area contributed by atoms with Crippen molar-refractivity contribution in [1.82, 2.24) is 9.88 Å². The number of likely N-dealkylation sites (N-methyl/N-ethyl adjacent to an activating group) is 1. The van der Waals surface area contributed by atoms with Gasteiger partial charge in [0.25, 0.3) is 17.7 Å². The van der Waals surface area contributed by atoms with Crippen molar-refractivity contribution in [2.24, 2.45) is 0 Å². The summed E-state index contributed by atoms with van der Waals surface area (Å²) >= 11 is 12.5. The van der Waals surface area contributed by atoms with E-state index in [1.807, 2.05) is 37.3 Å². The van der Waals surface area contributed by atoms with Crippen LogP contribution in [0.3, 0.4) is 0 Å². The fraction of sp³-hybridized carbons (Fsp3) is 0.172. The topological polar surface area (TPSA) is 89.0 Å². The van der Waals surface area contributed by atoms with Crippen molar-refractivity contribution in [3.05, 3.63) is 94.1 Å². The van der Waals surface area contributed by atoms with Gasteiger partial charge in [-0.15, -0.1) is 0 Å². The van der Waals surface area contributed by atoms with E-state index in [-0.39, 0.29) is 22.8 Å². The third-order valence-electron chi connectivity index (χ3n) is 6.46. The molecule has 0 fully saturated rings. The maximum atomic E-state index is 13.3. The number of anilines is 1. The summed E-state index contributed by atoms with van der Waals surface area (Å²) in [7, 11) is 3.13. The van der Waals surface area contributed by atoms with Gasteiger partial charge in [0.2, 0.25) is 0 Å². The number of aromatic nitrogens is 1. The number of pyridine rings is 1. The lowest BCUT2D eigenvalue weighted by Crippen LogP contribution is -2.47. The molecule has 198 valence electrons. The second-order valence-corrected chi connectivity index (χ2v) is 9.77. The van der Waals surface area contributed by atoms with Crippen molar-refractivity contribution in [3.63, 3.8) is 0 Å². The van der Waals surface area contributed by atoms with E-state index in [1.54, 1.807) is 31.4 Å². The van der Waals surface area contributed by atoms with Crippen molar-refractivity contribution in [1.29, 1.82) is 0 Å². The molecule has 0 bridgehead atoms. The molecule has 3 amide bonds. The number of nitrogens with zero attached hydrogens (tertiary/aromatic N) is 3. The third-order valence-corrected chi connectivity index (χ3v) is 7.16. The monoisotopic (exact) mass is 563 g/mol. The predicted molar refractivity (Wildman–Crippen MR) is 149 cm³/mol. The average Bonchev–Trinajstić information content (AvgIpc) is 3.20. The lowest BCUT2D eigenvalue weighted by atomic mass is 10.1. The standard InChI is InChI=1S/C29H23Cl2N3O5/c1-16-13-23(38-3)19-9-6-12-22(25(19)32-16)39-15-17-7-4-8-18(14-17)33(2)29(37)26(31)34-27(35)20-10-5-11-21(30)24(20)28(34)36/h4-14,26H,15H2,1-3H3. The molecule has 0 saturated heterocycles. The highest BCUT2D eigenvalue weighted by Gasteiger charge is 2.44. The molecule has 8 nitrogen and oxygen atoms in total. The number of fused-ring (bicyclic) bond motifs is 2. The number of methoxy groups -OCH3 is 1. The Morgan fingerprint density at radius 3 is 2.51 bits per heavy atom. The molecule has 10 heteroatoms. The fourth-order valence-electron chi connectivity index (χ4n) is 4.48. The first-order valence-corrected chi connectivity index (χ1v) is 12.8. The van der Waals surface area contributed by atoms with Gasteiger partial charge in [-0.3, -0.25) is 14.4 Å². The first-order valence-electron chi connectivity index (χ1n) is 12.0. The van der Waals surface area contributed by atoms with E-state index in [0.29, 0.717) is 22.7 Å². The van der Waals surface area contributed by atoms with Crippen LogP contribution >= 0.6 is 23.2 Å². The zero-order valence-electron chi connectivity index (χ0n) is 21.3. The number of hydrogen-bond acceptors (Lipinski definition) is 6. The van der Waals surface area contributed by atoms with Crippen LogP contribution in [0.5, 0.6) is 11.5 Å². The van der Waals surface area contributed by atoms with Crippen molar-refractivity contribution in [2.45, 2.75) is 19.0 Å². The molecule has 1 aliphatic heterocycles. The molecule has 0 saturated carbocycles. The van der Waals surface area contributed by atoms with E-state index in [1.165, 1.54) is 24.1 Å². The molecular formula is C29H23Cl2N3O5. The van der Waals surface area contributed by atoms with Crippen molar-refractivity contribution in [3.8, 4) is 11.5 Å². The van der Waals surface area contributed by atoms with Gasteiger partial charge >= 0.3 is 0 Å². The molecule has 1 aliphatic rings. The number of imide groups is 1. The lowest BCUT2D eigenvalue weighted by molar-refractivity contribution is -0.119. The maximum Gasteiger partial charge on any atom is 0.265 e. The Bertz CT molecular complexity index is 1640. The van der Waals surface area contributed by atoms with Crippen LogP contribution in [0.1, 0.15) is 32.0 Å². The third kappa shape index (κ3) is 4.77. The molecule has 1 unspecified atom stereocenters. The Morgan fingerprint density at radius 2 is 1.77 bits per heavy atom. The number of rotatable bonds is 7. The summed E-state index contributed by atoms with van der Waals surface area (Å²) in [6.07, 6.45) is 0. The molecule has 0 N–H and O–H groups in total. The first-order chi connectivity index (χ1) is 18.7. The number of alkyl halides is 1. The number of amides is 3. The van der Waals surface area contributed by atoms with E-state index in [0.717, 1.165) is 21.5 Å². The molecule has 2 heterocycles. The Kier molecular flexibility index (Phi) is 7.16. The molecule has 1 aromatic heterocycles. The predicted octanol–water partition coefficient (Wildman–Crippen LogP) is 5.61.